The van der Waals surface area contributed by atoms with Crippen LogP contribution in [-0.2, 0) is 6.54 Å². The SMILES string of the molecule is OCCCn1c(-c2ccccc2O)nc2ccccc21. The summed E-state index contributed by atoms with van der Waals surface area (Å²) in [6.07, 6.45) is 0.654. The average Bonchev–Trinajstić information content (AvgIpc) is 2.84. The van der Waals surface area contributed by atoms with Crippen LogP contribution in [0.3, 0.4) is 0 Å². The van der Waals surface area contributed by atoms with Crippen LogP contribution < -0.4 is 0 Å². The summed E-state index contributed by atoms with van der Waals surface area (Å²) >= 11 is 0. The van der Waals surface area contributed by atoms with Crippen molar-refractivity contribution >= 4 is 11.0 Å². The zero-order valence-corrected chi connectivity index (χ0v) is 11.0. The predicted octanol–water partition coefficient (Wildman–Crippen LogP) is 2.79. The van der Waals surface area contributed by atoms with Crippen LogP contribution in [0.15, 0.2) is 48.5 Å². The highest BCUT2D eigenvalue weighted by Crippen LogP contribution is 2.31. The van der Waals surface area contributed by atoms with E-state index in [2.05, 4.69) is 4.98 Å². The van der Waals surface area contributed by atoms with E-state index in [1.165, 1.54) is 0 Å². The Kier molecular flexibility index (Phi) is 3.39. The standard InChI is InChI=1S/C16H16N2O2/c19-11-5-10-18-14-8-3-2-7-13(14)17-16(18)12-6-1-4-9-15(12)20/h1-4,6-9,19-20H,5,10-11H2. The van der Waals surface area contributed by atoms with Gasteiger partial charge in [0.1, 0.15) is 11.6 Å². The monoisotopic (exact) mass is 268 g/mol. The molecule has 2 aromatic carbocycles. The highest BCUT2D eigenvalue weighted by molar-refractivity contribution is 5.81. The number of para-hydroxylation sites is 3. The molecule has 1 aromatic heterocycles. The van der Waals surface area contributed by atoms with Crippen LogP contribution >= 0.6 is 0 Å². The minimum atomic E-state index is 0.132. The Labute approximate surface area is 116 Å². The first kappa shape index (κ1) is 12.7. The van der Waals surface area contributed by atoms with Crippen molar-refractivity contribution in [2.75, 3.05) is 6.61 Å². The van der Waals surface area contributed by atoms with Gasteiger partial charge >= 0.3 is 0 Å². The fourth-order valence-corrected chi connectivity index (χ4v) is 2.40. The van der Waals surface area contributed by atoms with Gasteiger partial charge in [-0.15, -0.1) is 0 Å². The minimum Gasteiger partial charge on any atom is -0.507 e. The van der Waals surface area contributed by atoms with E-state index in [9.17, 15) is 5.11 Å². The summed E-state index contributed by atoms with van der Waals surface area (Å²) < 4.78 is 2.04. The summed E-state index contributed by atoms with van der Waals surface area (Å²) in [6, 6.07) is 15.0. The summed E-state index contributed by atoms with van der Waals surface area (Å²) in [5.74, 6) is 0.950. The summed E-state index contributed by atoms with van der Waals surface area (Å²) in [4.78, 5) is 4.62. The van der Waals surface area contributed by atoms with Gasteiger partial charge < -0.3 is 14.8 Å². The molecule has 3 aromatic rings. The molecule has 0 amide bonds. The van der Waals surface area contributed by atoms with E-state index in [-0.39, 0.29) is 12.4 Å². The van der Waals surface area contributed by atoms with Gasteiger partial charge in [0.2, 0.25) is 0 Å². The number of hydrogen-bond acceptors (Lipinski definition) is 3. The molecule has 0 fully saturated rings. The number of aromatic nitrogens is 2. The minimum absolute atomic E-state index is 0.132. The smallest absolute Gasteiger partial charge is 0.144 e. The Morgan fingerprint density at radius 3 is 2.55 bits per heavy atom. The maximum Gasteiger partial charge on any atom is 0.144 e. The Morgan fingerprint density at radius 1 is 1.00 bits per heavy atom. The number of benzene rings is 2. The van der Waals surface area contributed by atoms with Crippen LogP contribution in [0, 0.1) is 0 Å². The fourth-order valence-electron chi connectivity index (χ4n) is 2.40. The third-order valence-electron chi connectivity index (χ3n) is 3.34. The summed E-state index contributed by atoms with van der Waals surface area (Å²) in [5, 5.41) is 19.1. The molecular weight excluding hydrogens is 252 g/mol. The second-order valence-electron chi connectivity index (χ2n) is 4.67. The summed E-state index contributed by atoms with van der Waals surface area (Å²) in [6.45, 7) is 0.799. The molecule has 20 heavy (non-hydrogen) atoms. The van der Waals surface area contributed by atoms with Crippen molar-refractivity contribution in [3.63, 3.8) is 0 Å². The van der Waals surface area contributed by atoms with Gasteiger partial charge in [-0.05, 0) is 30.7 Å². The van der Waals surface area contributed by atoms with E-state index in [1.54, 1.807) is 12.1 Å². The first-order valence-corrected chi connectivity index (χ1v) is 6.66. The van der Waals surface area contributed by atoms with Gasteiger partial charge in [-0.25, -0.2) is 4.98 Å². The number of rotatable bonds is 4. The van der Waals surface area contributed by atoms with Crippen molar-refractivity contribution in [2.24, 2.45) is 0 Å². The molecule has 0 saturated heterocycles. The molecular formula is C16H16N2O2. The number of aromatic hydroxyl groups is 1. The van der Waals surface area contributed by atoms with E-state index in [0.29, 0.717) is 18.5 Å². The molecule has 0 saturated carbocycles. The molecule has 0 bridgehead atoms. The summed E-state index contributed by atoms with van der Waals surface area (Å²) in [5.41, 5.74) is 2.62. The van der Waals surface area contributed by atoms with E-state index in [0.717, 1.165) is 16.9 Å². The van der Waals surface area contributed by atoms with Crippen molar-refractivity contribution in [3.05, 3.63) is 48.5 Å². The molecule has 1 heterocycles. The van der Waals surface area contributed by atoms with Crippen molar-refractivity contribution in [1.82, 2.24) is 9.55 Å². The average molecular weight is 268 g/mol. The van der Waals surface area contributed by atoms with Crippen molar-refractivity contribution in [3.8, 4) is 17.1 Å². The fraction of sp³-hybridized carbons (Fsp3) is 0.188. The van der Waals surface area contributed by atoms with Gasteiger partial charge in [-0.3, -0.25) is 0 Å². The van der Waals surface area contributed by atoms with Crippen LogP contribution in [0.25, 0.3) is 22.4 Å². The maximum absolute atomic E-state index is 10.0. The first-order chi connectivity index (χ1) is 9.81. The highest BCUT2D eigenvalue weighted by Gasteiger charge is 2.14. The molecule has 0 unspecified atom stereocenters. The molecule has 0 aliphatic heterocycles. The Bertz CT molecular complexity index is 734. The molecule has 0 aliphatic carbocycles. The number of phenols is 1. The van der Waals surface area contributed by atoms with Crippen LogP contribution in [0.4, 0.5) is 0 Å². The van der Waals surface area contributed by atoms with Gasteiger partial charge in [0, 0.05) is 13.2 Å². The van der Waals surface area contributed by atoms with Crippen molar-refractivity contribution < 1.29 is 10.2 Å². The molecule has 0 radical (unpaired) electrons. The van der Waals surface area contributed by atoms with Crippen LogP contribution in [0.2, 0.25) is 0 Å². The van der Waals surface area contributed by atoms with Gasteiger partial charge in [0.25, 0.3) is 0 Å². The number of aliphatic hydroxyl groups is 1. The van der Waals surface area contributed by atoms with E-state index in [1.807, 2.05) is 41.0 Å². The normalized spacial score (nSPS) is 11.1. The number of hydrogen-bond donors (Lipinski definition) is 2. The van der Waals surface area contributed by atoms with Gasteiger partial charge in [-0.2, -0.15) is 0 Å². The number of nitrogens with zero attached hydrogens (tertiary/aromatic N) is 2. The van der Waals surface area contributed by atoms with Crippen LogP contribution in [-0.4, -0.2) is 26.4 Å². The van der Waals surface area contributed by atoms with E-state index in [4.69, 9.17) is 5.11 Å². The second-order valence-corrected chi connectivity index (χ2v) is 4.67. The zero-order chi connectivity index (χ0) is 13.9. The number of aryl methyl sites for hydroxylation is 1. The predicted molar refractivity (Wildman–Crippen MR) is 78.5 cm³/mol. The first-order valence-electron chi connectivity index (χ1n) is 6.66. The lowest BCUT2D eigenvalue weighted by Gasteiger charge is -2.09. The molecule has 4 heteroatoms. The Balaban J connectivity index is 2.21. The molecule has 4 nitrogen and oxygen atoms in total. The zero-order valence-electron chi connectivity index (χ0n) is 11.0. The third-order valence-corrected chi connectivity index (χ3v) is 3.34. The molecule has 102 valence electrons. The summed E-state index contributed by atoms with van der Waals surface area (Å²) in [7, 11) is 0. The van der Waals surface area contributed by atoms with Crippen LogP contribution in [0.1, 0.15) is 6.42 Å². The van der Waals surface area contributed by atoms with Crippen LogP contribution in [0.5, 0.6) is 5.75 Å². The number of imidazole rings is 1. The molecule has 0 spiro atoms. The quantitative estimate of drug-likeness (QED) is 0.765. The number of fused-ring (bicyclic) bond motifs is 1. The maximum atomic E-state index is 10.0. The second kappa shape index (κ2) is 5.35. The van der Waals surface area contributed by atoms with Gasteiger partial charge in [0.15, 0.2) is 0 Å². The molecule has 0 atom stereocenters. The van der Waals surface area contributed by atoms with Gasteiger partial charge in [-0.1, -0.05) is 24.3 Å². The van der Waals surface area contributed by atoms with E-state index < -0.39 is 0 Å². The molecule has 3 rings (SSSR count). The largest absolute Gasteiger partial charge is 0.507 e. The third kappa shape index (κ3) is 2.14. The Morgan fingerprint density at radius 2 is 1.75 bits per heavy atom. The molecule has 2 N–H and O–H groups in total. The Hall–Kier alpha value is -2.33. The lowest BCUT2D eigenvalue weighted by atomic mass is 10.2. The lowest BCUT2D eigenvalue weighted by molar-refractivity contribution is 0.281. The molecule has 0 aliphatic rings. The van der Waals surface area contributed by atoms with Gasteiger partial charge in [0.05, 0.1) is 16.6 Å². The van der Waals surface area contributed by atoms with Crippen molar-refractivity contribution in [1.29, 1.82) is 0 Å². The number of phenolic OH excluding ortho intramolecular Hbond substituents is 1. The number of aliphatic hydroxyl groups excluding tert-OH is 1. The highest BCUT2D eigenvalue weighted by atomic mass is 16.3. The van der Waals surface area contributed by atoms with E-state index >= 15 is 0 Å². The lowest BCUT2D eigenvalue weighted by Crippen LogP contribution is -2.02. The van der Waals surface area contributed by atoms with Crippen molar-refractivity contribution in [2.45, 2.75) is 13.0 Å². The topological polar surface area (TPSA) is 58.3 Å².